The van der Waals surface area contributed by atoms with E-state index in [0.29, 0.717) is 5.92 Å². The van der Waals surface area contributed by atoms with Crippen molar-refractivity contribution >= 4 is 0 Å². The molecule has 1 rings (SSSR count). The largest absolute Gasteiger partial charge is 0.493 e. The summed E-state index contributed by atoms with van der Waals surface area (Å²) < 4.78 is 6.11. The van der Waals surface area contributed by atoms with E-state index in [2.05, 4.69) is 52.0 Å². The molecule has 1 heteroatoms. The third kappa shape index (κ3) is 10.0. The summed E-state index contributed by atoms with van der Waals surface area (Å²) in [7, 11) is 0. The van der Waals surface area contributed by atoms with E-state index >= 15 is 0 Å². The molecule has 2 atom stereocenters. The van der Waals surface area contributed by atoms with Crippen LogP contribution in [-0.4, -0.2) is 6.61 Å². The van der Waals surface area contributed by atoms with Crippen LogP contribution in [0.4, 0.5) is 0 Å². The zero-order valence-electron chi connectivity index (χ0n) is 16.7. The fraction of sp³-hybridized carbons (Fsp3) is 0.739. The fourth-order valence-corrected chi connectivity index (χ4v) is 3.17. The molecule has 1 aromatic carbocycles. The molecule has 0 aromatic heterocycles. The maximum absolute atomic E-state index is 6.11. The number of aryl methyl sites for hydroxylation is 1. The molecular weight excluding hydrogens is 292 g/mol. The lowest BCUT2D eigenvalue weighted by atomic mass is 9.92. The Balaban J connectivity index is 2.36. The summed E-state index contributed by atoms with van der Waals surface area (Å²) in [6, 6.07) is 8.45. The van der Waals surface area contributed by atoms with E-state index in [1.54, 1.807) is 0 Å². The van der Waals surface area contributed by atoms with Crippen molar-refractivity contribution in [2.24, 2.45) is 11.8 Å². The lowest BCUT2D eigenvalue weighted by Gasteiger charge is -2.19. The van der Waals surface area contributed by atoms with Crippen molar-refractivity contribution in [1.82, 2.24) is 0 Å². The zero-order valence-corrected chi connectivity index (χ0v) is 16.7. The van der Waals surface area contributed by atoms with Gasteiger partial charge in [-0.3, -0.25) is 0 Å². The highest BCUT2D eigenvalue weighted by molar-refractivity contribution is 5.27. The second kappa shape index (κ2) is 13.3. The van der Waals surface area contributed by atoms with Gasteiger partial charge in [0.05, 0.1) is 6.61 Å². The lowest BCUT2D eigenvalue weighted by molar-refractivity contribution is 0.218. The molecule has 0 aliphatic rings. The van der Waals surface area contributed by atoms with Gasteiger partial charge in [0.1, 0.15) is 5.75 Å². The van der Waals surface area contributed by atoms with Gasteiger partial charge in [-0.25, -0.2) is 0 Å². The Morgan fingerprint density at radius 2 is 1.67 bits per heavy atom. The van der Waals surface area contributed by atoms with Crippen LogP contribution in [0.25, 0.3) is 0 Å². The molecule has 24 heavy (non-hydrogen) atoms. The number of unbranched alkanes of at least 4 members (excludes halogenated alkanes) is 5. The normalized spacial score (nSPS) is 13.7. The summed E-state index contributed by atoms with van der Waals surface area (Å²) >= 11 is 0. The Morgan fingerprint density at radius 1 is 0.917 bits per heavy atom. The minimum absolute atomic E-state index is 0.714. The highest BCUT2D eigenvalue weighted by atomic mass is 16.5. The Bertz CT molecular complexity index is 412. The third-order valence-electron chi connectivity index (χ3n) is 5.21. The summed E-state index contributed by atoms with van der Waals surface area (Å²) in [6.07, 6.45) is 13.6. The van der Waals surface area contributed by atoms with Gasteiger partial charge >= 0.3 is 0 Å². The van der Waals surface area contributed by atoms with Crippen LogP contribution in [0.3, 0.4) is 0 Å². The maximum atomic E-state index is 6.11. The fourth-order valence-electron chi connectivity index (χ4n) is 3.17. The molecule has 0 heterocycles. The van der Waals surface area contributed by atoms with E-state index in [-0.39, 0.29) is 0 Å². The van der Waals surface area contributed by atoms with Crippen LogP contribution >= 0.6 is 0 Å². The Hall–Kier alpha value is -0.980. The van der Waals surface area contributed by atoms with Gasteiger partial charge in [-0.15, -0.1) is 0 Å². The first-order valence-electron chi connectivity index (χ1n) is 10.3. The maximum Gasteiger partial charge on any atom is 0.119 e. The van der Waals surface area contributed by atoms with E-state index in [4.69, 9.17) is 4.74 Å². The monoisotopic (exact) mass is 332 g/mol. The van der Waals surface area contributed by atoms with Crippen LogP contribution in [-0.2, 0) is 0 Å². The van der Waals surface area contributed by atoms with E-state index in [1.807, 2.05) is 0 Å². The third-order valence-corrected chi connectivity index (χ3v) is 5.21. The summed E-state index contributed by atoms with van der Waals surface area (Å²) in [5.41, 5.74) is 1.28. The number of rotatable bonds is 14. The highest BCUT2D eigenvalue weighted by Gasteiger charge is 2.12. The van der Waals surface area contributed by atoms with Crippen molar-refractivity contribution in [1.29, 1.82) is 0 Å². The van der Waals surface area contributed by atoms with Gasteiger partial charge in [-0.1, -0.05) is 84.3 Å². The summed E-state index contributed by atoms with van der Waals surface area (Å²) in [5, 5.41) is 0. The summed E-state index contributed by atoms with van der Waals surface area (Å²) in [6.45, 7) is 9.98. The second-order valence-corrected chi connectivity index (χ2v) is 7.64. The van der Waals surface area contributed by atoms with Crippen LogP contribution < -0.4 is 4.74 Å². The van der Waals surface area contributed by atoms with Gasteiger partial charge in [0.15, 0.2) is 0 Å². The zero-order chi connectivity index (χ0) is 17.6. The van der Waals surface area contributed by atoms with Crippen molar-refractivity contribution in [3.63, 3.8) is 0 Å². The quantitative estimate of drug-likeness (QED) is 0.319. The molecule has 0 amide bonds. The van der Waals surface area contributed by atoms with Crippen LogP contribution in [0.1, 0.15) is 90.5 Å². The molecule has 0 saturated carbocycles. The molecule has 1 nitrogen and oxygen atoms in total. The van der Waals surface area contributed by atoms with Crippen LogP contribution in [0.2, 0.25) is 0 Å². The summed E-state index contributed by atoms with van der Waals surface area (Å²) in [4.78, 5) is 0. The second-order valence-electron chi connectivity index (χ2n) is 7.64. The van der Waals surface area contributed by atoms with Gasteiger partial charge < -0.3 is 4.74 Å². The van der Waals surface area contributed by atoms with Gasteiger partial charge in [0.2, 0.25) is 0 Å². The summed E-state index contributed by atoms with van der Waals surface area (Å²) in [5.74, 6) is 2.59. The molecule has 0 saturated heterocycles. The van der Waals surface area contributed by atoms with Crippen molar-refractivity contribution in [3.05, 3.63) is 29.8 Å². The molecule has 0 spiro atoms. The molecule has 2 unspecified atom stereocenters. The van der Waals surface area contributed by atoms with E-state index in [9.17, 15) is 0 Å². The Labute approximate surface area is 151 Å². The smallest absolute Gasteiger partial charge is 0.119 e. The van der Waals surface area contributed by atoms with Crippen molar-refractivity contribution in [2.45, 2.75) is 91.9 Å². The standard InChI is InChI=1S/C23H40O/c1-5-7-8-9-10-11-14-22(17-16-20(3)6-2)19-24-23-15-12-13-21(4)18-23/h12-13,15,18,20,22H,5-11,14,16-17,19H2,1-4H3. The van der Waals surface area contributed by atoms with E-state index in [1.165, 1.54) is 69.8 Å². The predicted molar refractivity (Wildman–Crippen MR) is 107 cm³/mol. The molecular formula is C23H40O. The average Bonchev–Trinajstić information content (AvgIpc) is 2.59. The molecule has 0 radical (unpaired) electrons. The van der Waals surface area contributed by atoms with Crippen LogP contribution in [0.15, 0.2) is 24.3 Å². The number of hydrogen-bond acceptors (Lipinski definition) is 1. The first-order chi connectivity index (χ1) is 11.7. The van der Waals surface area contributed by atoms with Gasteiger partial charge in [0, 0.05) is 0 Å². The first-order valence-corrected chi connectivity index (χ1v) is 10.3. The van der Waals surface area contributed by atoms with Gasteiger partial charge in [-0.05, 0) is 49.3 Å². The van der Waals surface area contributed by atoms with E-state index in [0.717, 1.165) is 18.3 Å². The van der Waals surface area contributed by atoms with E-state index < -0.39 is 0 Å². The molecule has 0 aliphatic heterocycles. The molecule has 1 aromatic rings. The average molecular weight is 333 g/mol. The molecule has 0 N–H and O–H groups in total. The van der Waals surface area contributed by atoms with Crippen molar-refractivity contribution in [3.8, 4) is 5.75 Å². The minimum atomic E-state index is 0.714. The topological polar surface area (TPSA) is 9.23 Å². The SMILES string of the molecule is CCCCCCCCC(CCC(C)CC)COc1cccc(C)c1. The van der Waals surface area contributed by atoms with Crippen LogP contribution in [0, 0.1) is 18.8 Å². The van der Waals surface area contributed by atoms with Crippen molar-refractivity contribution < 1.29 is 4.74 Å². The number of hydrogen-bond donors (Lipinski definition) is 0. The van der Waals surface area contributed by atoms with Gasteiger partial charge in [0.25, 0.3) is 0 Å². The van der Waals surface area contributed by atoms with Gasteiger partial charge in [-0.2, -0.15) is 0 Å². The highest BCUT2D eigenvalue weighted by Crippen LogP contribution is 2.22. The first kappa shape index (κ1) is 21.1. The molecule has 0 fully saturated rings. The molecule has 0 aliphatic carbocycles. The minimum Gasteiger partial charge on any atom is -0.493 e. The molecule has 0 bridgehead atoms. The predicted octanol–water partition coefficient (Wildman–Crippen LogP) is 7.57. The molecule has 138 valence electrons. The van der Waals surface area contributed by atoms with Crippen LogP contribution in [0.5, 0.6) is 5.75 Å². The number of benzene rings is 1. The Kier molecular flexibility index (Phi) is 11.7. The lowest BCUT2D eigenvalue weighted by Crippen LogP contribution is -2.13. The van der Waals surface area contributed by atoms with Crippen molar-refractivity contribution in [2.75, 3.05) is 6.61 Å². The number of ether oxygens (including phenoxy) is 1. The Morgan fingerprint density at radius 3 is 2.38 bits per heavy atom.